The first-order valence-corrected chi connectivity index (χ1v) is 7.98. The molecule has 4 heteroatoms. The molecule has 0 atom stereocenters. The Bertz CT molecular complexity index is 536. The smallest absolute Gasteiger partial charge is 0.233 e. The van der Waals surface area contributed by atoms with Crippen LogP contribution in [-0.2, 0) is 11.3 Å². The Morgan fingerprint density at radius 2 is 2.00 bits per heavy atom. The average Bonchev–Trinajstić information content (AvgIpc) is 2.82. The van der Waals surface area contributed by atoms with E-state index in [4.69, 9.17) is 0 Å². The largest absolute Gasteiger partial charge is 0.340 e. The molecular weight excluding hydrogens is 274 g/mol. The van der Waals surface area contributed by atoms with Crippen LogP contribution in [0.1, 0.15) is 10.4 Å². The van der Waals surface area contributed by atoms with Gasteiger partial charge in [-0.05, 0) is 36.1 Å². The van der Waals surface area contributed by atoms with E-state index in [-0.39, 0.29) is 5.91 Å². The number of thioether (sulfide) groups is 1. The number of benzene rings is 1. The molecule has 0 aliphatic carbocycles. The molecule has 2 nitrogen and oxygen atoms in total. The van der Waals surface area contributed by atoms with Gasteiger partial charge in [0.25, 0.3) is 0 Å². The first-order valence-electron chi connectivity index (χ1n) is 6.11. The molecule has 0 aliphatic heterocycles. The highest BCUT2D eigenvalue weighted by molar-refractivity contribution is 8.00. The molecule has 0 aliphatic rings. The standard InChI is InChI=1S/C15H17NOS2/c1-12-8-9-18-14(12)10-16(2)15(17)11-19-13-6-4-3-5-7-13/h3-9H,10-11H2,1-2H3. The van der Waals surface area contributed by atoms with Crippen LogP contribution in [0, 0.1) is 6.92 Å². The molecule has 1 aromatic carbocycles. The summed E-state index contributed by atoms with van der Waals surface area (Å²) < 4.78 is 0. The SMILES string of the molecule is Cc1ccsc1CN(C)C(=O)CSc1ccccc1. The first-order chi connectivity index (χ1) is 9.16. The monoisotopic (exact) mass is 291 g/mol. The second-order valence-electron chi connectivity index (χ2n) is 4.38. The van der Waals surface area contributed by atoms with Gasteiger partial charge in [-0.25, -0.2) is 0 Å². The Morgan fingerprint density at radius 3 is 2.63 bits per heavy atom. The number of amides is 1. The molecule has 1 heterocycles. The van der Waals surface area contributed by atoms with Crippen molar-refractivity contribution in [3.05, 3.63) is 52.2 Å². The fourth-order valence-electron chi connectivity index (χ4n) is 1.64. The van der Waals surface area contributed by atoms with Crippen LogP contribution in [0.2, 0.25) is 0 Å². The Balaban J connectivity index is 1.84. The van der Waals surface area contributed by atoms with Gasteiger partial charge < -0.3 is 4.90 Å². The quantitative estimate of drug-likeness (QED) is 0.781. The maximum absolute atomic E-state index is 12.1. The number of rotatable bonds is 5. The highest BCUT2D eigenvalue weighted by Gasteiger charge is 2.11. The molecule has 0 N–H and O–H groups in total. The van der Waals surface area contributed by atoms with E-state index < -0.39 is 0 Å². The molecule has 2 aromatic rings. The zero-order valence-corrected chi connectivity index (χ0v) is 12.8. The summed E-state index contributed by atoms with van der Waals surface area (Å²) in [7, 11) is 1.87. The number of hydrogen-bond acceptors (Lipinski definition) is 3. The van der Waals surface area contributed by atoms with Crippen LogP contribution in [-0.4, -0.2) is 23.6 Å². The minimum atomic E-state index is 0.168. The van der Waals surface area contributed by atoms with Crippen LogP contribution in [0.5, 0.6) is 0 Å². The van der Waals surface area contributed by atoms with Crippen molar-refractivity contribution < 1.29 is 4.79 Å². The van der Waals surface area contributed by atoms with Gasteiger partial charge in [-0.15, -0.1) is 23.1 Å². The van der Waals surface area contributed by atoms with E-state index in [0.29, 0.717) is 12.3 Å². The number of carbonyl (C=O) groups excluding carboxylic acids is 1. The van der Waals surface area contributed by atoms with Crippen molar-refractivity contribution in [2.75, 3.05) is 12.8 Å². The molecule has 0 radical (unpaired) electrons. The second kappa shape index (κ2) is 6.78. The summed E-state index contributed by atoms with van der Waals surface area (Å²) in [5, 5.41) is 2.07. The number of aryl methyl sites for hydroxylation is 1. The molecule has 19 heavy (non-hydrogen) atoms. The van der Waals surface area contributed by atoms with Gasteiger partial charge >= 0.3 is 0 Å². The fraction of sp³-hybridized carbons (Fsp3) is 0.267. The van der Waals surface area contributed by atoms with Crippen LogP contribution in [0.3, 0.4) is 0 Å². The van der Waals surface area contributed by atoms with Crippen LogP contribution < -0.4 is 0 Å². The minimum absolute atomic E-state index is 0.168. The molecule has 0 fully saturated rings. The van der Waals surface area contributed by atoms with Crippen LogP contribution in [0.25, 0.3) is 0 Å². The number of hydrogen-bond donors (Lipinski definition) is 0. The molecule has 1 amide bonds. The molecule has 0 saturated carbocycles. The Hall–Kier alpha value is -1.26. The molecule has 0 spiro atoms. The molecule has 1 aromatic heterocycles. The van der Waals surface area contributed by atoms with E-state index in [0.717, 1.165) is 4.90 Å². The third-order valence-corrected chi connectivity index (χ3v) is 4.88. The zero-order valence-electron chi connectivity index (χ0n) is 11.1. The lowest BCUT2D eigenvalue weighted by atomic mass is 10.3. The van der Waals surface area contributed by atoms with E-state index in [9.17, 15) is 4.79 Å². The van der Waals surface area contributed by atoms with E-state index in [1.165, 1.54) is 10.4 Å². The molecule has 2 rings (SSSR count). The maximum Gasteiger partial charge on any atom is 0.233 e. The predicted octanol–water partition coefficient (Wildman–Crippen LogP) is 3.81. The fourth-order valence-corrected chi connectivity index (χ4v) is 3.46. The molecule has 0 saturated heterocycles. The molecule has 100 valence electrons. The average molecular weight is 291 g/mol. The van der Waals surface area contributed by atoms with Crippen LogP contribution in [0.15, 0.2) is 46.7 Å². The summed E-state index contributed by atoms with van der Waals surface area (Å²) in [6.07, 6.45) is 0. The lowest BCUT2D eigenvalue weighted by Crippen LogP contribution is -2.27. The van der Waals surface area contributed by atoms with Gasteiger partial charge in [0.05, 0.1) is 12.3 Å². The van der Waals surface area contributed by atoms with Crippen molar-refractivity contribution in [2.45, 2.75) is 18.4 Å². The van der Waals surface area contributed by atoms with Crippen molar-refractivity contribution in [3.63, 3.8) is 0 Å². The lowest BCUT2D eigenvalue weighted by Gasteiger charge is -2.16. The summed E-state index contributed by atoms with van der Waals surface area (Å²) in [6, 6.07) is 12.1. The maximum atomic E-state index is 12.1. The Morgan fingerprint density at radius 1 is 1.26 bits per heavy atom. The topological polar surface area (TPSA) is 20.3 Å². The van der Waals surface area contributed by atoms with E-state index in [1.54, 1.807) is 28.0 Å². The lowest BCUT2D eigenvalue weighted by molar-refractivity contribution is -0.127. The van der Waals surface area contributed by atoms with Crippen LogP contribution in [0.4, 0.5) is 0 Å². The van der Waals surface area contributed by atoms with E-state index >= 15 is 0 Å². The first kappa shape index (κ1) is 14.2. The van der Waals surface area contributed by atoms with Crippen molar-refractivity contribution in [3.8, 4) is 0 Å². The third kappa shape index (κ3) is 4.11. The normalized spacial score (nSPS) is 10.4. The second-order valence-corrected chi connectivity index (χ2v) is 6.43. The summed E-state index contributed by atoms with van der Waals surface area (Å²) in [4.78, 5) is 16.3. The number of thiophene rings is 1. The van der Waals surface area contributed by atoms with Crippen molar-refractivity contribution >= 4 is 29.0 Å². The Labute approximate surface area is 122 Å². The van der Waals surface area contributed by atoms with Gasteiger partial charge in [-0.2, -0.15) is 0 Å². The van der Waals surface area contributed by atoms with Gasteiger partial charge in [0, 0.05) is 16.8 Å². The van der Waals surface area contributed by atoms with Gasteiger partial charge in [0.1, 0.15) is 0 Å². The van der Waals surface area contributed by atoms with E-state index in [1.807, 2.05) is 37.4 Å². The molecule has 0 bridgehead atoms. The summed E-state index contributed by atoms with van der Waals surface area (Å²) in [5.74, 6) is 0.659. The summed E-state index contributed by atoms with van der Waals surface area (Å²) in [6.45, 7) is 2.79. The zero-order chi connectivity index (χ0) is 13.7. The predicted molar refractivity (Wildman–Crippen MR) is 82.7 cm³/mol. The molecular formula is C15H17NOS2. The number of nitrogens with zero attached hydrogens (tertiary/aromatic N) is 1. The van der Waals surface area contributed by atoms with Gasteiger partial charge in [0.15, 0.2) is 0 Å². The highest BCUT2D eigenvalue weighted by Crippen LogP contribution is 2.20. The number of carbonyl (C=O) groups is 1. The minimum Gasteiger partial charge on any atom is -0.340 e. The van der Waals surface area contributed by atoms with E-state index in [2.05, 4.69) is 18.4 Å². The van der Waals surface area contributed by atoms with Crippen molar-refractivity contribution in [1.82, 2.24) is 4.90 Å². The van der Waals surface area contributed by atoms with Gasteiger partial charge in [-0.1, -0.05) is 18.2 Å². The third-order valence-electron chi connectivity index (χ3n) is 2.88. The highest BCUT2D eigenvalue weighted by atomic mass is 32.2. The Kier molecular flexibility index (Phi) is 5.05. The summed E-state index contributed by atoms with van der Waals surface area (Å²) >= 11 is 3.29. The summed E-state index contributed by atoms with van der Waals surface area (Å²) in [5.41, 5.74) is 1.26. The van der Waals surface area contributed by atoms with Crippen LogP contribution >= 0.6 is 23.1 Å². The van der Waals surface area contributed by atoms with Crippen molar-refractivity contribution in [1.29, 1.82) is 0 Å². The van der Waals surface area contributed by atoms with Crippen molar-refractivity contribution in [2.24, 2.45) is 0 Å². The molecule has 0 unspecified atom stereocenters. The van der Waals surface area contributed by atoms with Gasteiger partial charge in [-0.3, -0.25) is 4.79 Å². The van der Waals surface area contributed by atoms with Gasteiger partial charge in [0.2, 0.25) is 5.91 Å².